The summed E-state index contributed by atoms with van der Waals surface area (Å²) in [5.74, 6) is 0.649. The van der Waals surface area contributed by atoms with E-state index < -0.39 is 20.0 Å². The van der Waals surface area contributed by atoms with Crippen molar-refractivity contribution < 1.29 is 30.8 Å². The molecule has 2 aromatic carbocycles. The van der Waals surface area contributed by atoms with Crippen molar-refractivity contribution in [3.8, 4) is 11.5 Å². The molecule has 0 fully saturated rings. The summed E-state index contributed by atoms with van der Waals surface area (Å²) < 4.78 is 72.2. The van der Waals surface area contributed by atoms with Crippen LogP contribution in [0.2, 0.25) is 0 Å². The van der Waals surface area contributed by atoms with Gasteiger partial charge in [0.05, 0.1) is 33.2 Å². The first-order valence-electron chi connectivity index (χ1n) is 11.5. The number of fused-ring (bicyclic) bond motifs is 1. The highest BCUT2D eigenvalue weighted by Gasteiger charge is 2.25. The van der Waals surface area contributed by atoms with Gasteiger partial charge >= 0.3 is 0 Å². The van der Waals surface area contributed by atoms with Gasteiger partial charge in [-0.05, 0) is 41.3 Å². The molecule has 0 saturated carbocycles. The van der Waals surface area contributed by atoms with E-state index in [4.69, 9.17) is 14.0 Å². The van der Waals surface area contributed by atoms with Crippen LogP contribution in [-0.4, -0.2) is 52.2 Å². The van der Waals surface area contributed by atoms with E-state index in [-0.39, 0.29) is 28.9 Å². The van der Waals surface area contributed by atoms with Crippen LogP contribution in [-0.2, 0) is 33.1 Å². The Labute approximate surface area is 221 Å². The Morgan fingerprint density at radius 2 is 1.76 bits per heavy atom. The lowest BCUT2D eigenvalue weighted by Crippen LogP contribution is -2.20. The van der Waals surface area contributed by atoms with E-state index in [0.717, 1.165) is 17.4 Å². The van der Waals surface area contributed by atoms with Gasteiger partial charge in [0.1, 0.15) is 21.8 Å². The number of nitrogens with zero attached hydrogens (tertiary/aromatic N) is 3. The molecule has 2 heterocycles. The number of hydrogen-bond acceptors (Lipinski definition) is 9. The summed E-state index contributed by atoms with van der Waals surface area (Å²) in [5, 5.41) is 8.57. The maximum absolute atomic E-state index is 13.4. The molecular weight excluding hydrogens is 534 g/mol. The van der Waals surface area contributed by atoms with Gasteiger partial charge in [0, 0.05) is 18.3 Å². The fraction of sp³-hybridized carbons (Fsp3) is 0.333. The first-order valence-corrected chi connectivity index (χ1v) is 14.9. The molecule has 0 amide bonds. The molecule has 0 aliphatic rings. The Morgan fingerprint density at radius 3 is 2.42 bits per heavy atom. The lowest BCUT2D eigenvalue weighted by molar-refractivity contribution is 0.402. The Kier molecular flexibility index (Phi) is 7.67. The highest BCUT2D eigenvalue weighted by atomic mass is 32.2. The minimum Gasteiger partial charge on any atom is -0.496 e. The van der Waals surface area contributed by atoms with Crippen molar-refractivity contribution in [2.75, 3.05) is 25.2 Å². The molecule has 4 rings (SSSR count). The molecule has 0 aliphatic heterocycles. The van der Waals surface area contributed by atoms with Gasteiger partial charge in [-0.15, -0.1) is 0 Å². The van der Waals surface area contributed by atoms with E-state index >= 15 is 0 Å². The van der Waals surface area contributed by atoms with Crippen molar-refractivity contribution in [2.45, 2.75) is 37.8 Å². The summed E-state index contributed by atoms with van der Waals surface area (Å²) >= 11 is 0. The van der Waals surface area contributed by atoms with Crippen molar-refractivity contribution in [3.05, 3.63) is 59.4 Å². The second-order valence-corrected chi connectivity index (χ2v) is 12.5. The Morgan fingerprint density at radius 1 is 1.03 bits per heavy atom. The van der Waals surface area contributed by atoms with Crippen LogP contribution in [0.1, 0.15) is 36.5 Å². The van der Waals surface area contributed by atoms with Crippen molar-refractivity contribution in [1.82, 2.24) is 19.7 Å². The van der Waals surface area contributed by atoms with Gasteiger partial charge in [0.2, 0.25) is 10.0 Å². The largest absolute Gasteiger partial charge is 0.496 e. The highest BCUT2D eigenvalue weighted by Crippen LogP contribution is 2.36. The summed E-state index contributed by atoms with van der Waals surface area (Å²) in [4.78, 5) is -0.0159. The normalized spacial score (nSPS) is 12.3. The van der Waals surface area contributed by atoms with Crippen LogP contribution < -0.4 is 18.9 Å². The molecule has 0 radical (unpaired) electrons. The number of rotatable bonds is 11. The average molecular weight is 564 g/mol. The van der Waals surface area contributed by atoms with Crippen LogP contribution in [0.25, 0.3) is 11.0 Å². The number of ether oxygens (including phenoxy) is 2. The topological polar surface area (TPSA) is 155 Å². The highest BCUT2D eigenvalue weighted by molar-refractivity contribution is 7.92. The van der Waals surface area contributed by atoms with Gasteiger partial charge in [-0.1, -0.05) is 25.1 Å². The van der Waals surface area contributed by atoms with Gasteiger partial charge in [0.25, 0.3) is 10.0 Å². The maximum atomic E-state index is 13.4. The molecule has 0 unspecified atom stereocenters. The van der Waals surface area contributed by atoms with Crippen molar-refractivity contribution in [3.63, 3.8) is 0 Å². The van der Waals surface area contributed by atoms with Gasteiger partial charge in [-0.2, -0.15) is 5.10 Å². The zero-order chi connectivity index (χ0) is 27.7. The van der Waals surface area contributed by atoms with E-state index in [9.17, 15) is 16.8 Å². The molecule has 204 valence electrons. The molecule has 38 heavy (non-hydrogen) atoms. The summed E-state index contributed by atoms with van der Waals surface area (Å²) in [7, 11) is -4.54. The van der Waals surface area contributed by atoms with E-state index in [0.29, 0.717) is 28.8 Å². The van der Waals surface area contributed by atoms with Gasteiger partial charge in [0.15, 0.2) is 11.4 Å². The molecular formula is C24H29N5O7S2. The van der Waals surface area contributed by atoms with Crippen molar-refractivity contribution in [1.29, 1.82) is 0 Å². The lowest BCUT2D eigenvalue weighted by Gasteiger charge is -2.14. The standard InChI is InChI=1S/C24H29N5O7S2/c1-15(2)18-6-7-19(34-3)22(10-18)38(32,33)28-24-23-20(35-4)8-16(9-21(23)36-27-24)13-29-14-17(11-25-29)12-26-37(5,30)31/h6-11,14-15,26H,12-13H2,1-5H3,(H,27,28). The minimum absolute atomic E-state index is 0.0159. The molecule has 0 bridgehead atoms. The van der Waals surface area contributed by atoms with Crippen LogP contribution in [0.3, 0.4) is 0 Å². The third-order valence-corrected chi connectivity index (χ3v) is 7.79. The molecule has 0 spiro atoms. The lowest BCUT2D eigenvalue weighted by atomic mass is 10.0. The Hall–Kier alpha value is -3.62. The van der Waals surface area contributed by atoms with Crippen LogP contribution in [0, 0.1) is 0 Å². The van der Waals surface area contributed by atoms with E-state index in [1.165, 1.54) is 14.2 Å². The SMILES string of the molecule is COc1ccc(C(C)C)cc1S(=O)(=O)Nc1noc2cc(Cn3cc(CNS(C)(=O)=O)cn3)cc(OC)c12. The smallest absolute Gasteiger partial charge is 0.266 e. The number of sulfonamides is 2. The first-order chi connectivity index (χ1) is 17.9. The number of methoxy groups -OCH3 is 2. The monoisotopic (exact) mass is 563 g/mol. The van der Waals surface area contributed by atoms with Crippen LogP contribution >= 0.6 is 0 Å². The number of nitrogens with one attached hydrogen (secondary N) is 2. The third-order valence-electron chi connectivity index (χ3n) is 5.76. The minimum atomic E-state index is -4.09. The molecule has 2 N–H and O–H groups in total. The van der Waals surface area contributed by atoms with Crippen LogP contribution in [0.15, 0.2) is 52.1 Å². The number of benzene rings is 2. The fourth-order valence-corrected chi connectivity index (χ4v) is 5.48. The molecule has 14 heteroatoms. The quantitative estimate of drug-likeness (QED) is 0.280. The Bertz CT molecular complexity index is 1680. The molecule has 4 aromatic rings. The summed E-state index contributed by atoms with van der Waals surface area (Å²) in [6.45, 7) is 4.38. The van der Waals surface area contributed by atoms with Gasteiger partial charge in [-0.3, -0.25) is 9.40 Å². The zero-order valence-electron chi connectivity index (χ0n) is 21.5. The average Bonchev–Trinajstić information content (AvgIpc) is 3.48. The van der Waals surface area contributed by atoms with E-state index in [1.54, 1.807) is 41.3 Å². The van der Waals surface area contributed by atoms with Crippen LogP contribution in [0.4, 0.5) is 5.82 Å². The molecule has 0 atom stereocenters. The number of aromatic nitrogens is 3. The molecule has 0 saturated heterocycles. The van der Waals surface area contributed by atoms with Crippen molar-refractivity contribution in [2.24, 2.45) is 0 Å². The number of anilines is 1. The molecule has 12 nitrogen and oxygen atoms in total. The van der Waals surface area contributed by atoms with Crippen molar-refractivity contribution >= 4 is 36.8 Å². The van der Waals surface area contributed by atoms with Gasteiger partial charge < -0.3 is 14.0 Å². The second-order valence-electron chi connectivity index (χ2n) is 9.01. The maximum Gasteiger partial charge on any atom is 0.266 e. The summed E-state index contributed by atoms with van der Waals surface area (Å²) in [6.07, 6.45) is 4.37. The summed E-state index contributed by atoms with van der Waals surface area (Å²) in [5.41, 5.74) is 2.59. The van der Waals surface area contributed by atoms with E-state index in [1.807, 2.05) is 19.9 Å². The number of hydrogen-bond donors (Lipinski definition) is 2. The second kappa shape index (κ2) is 10.6. The zero-order valence-corrected chi connectivity index (χ0v) is 23.2. The first kappa shape index (κ1) is 27.4. The molecule has 0 aliphatic carbocycles. The Balaban J connectivity index is 1.63. The molecule has 2 aromatic heterocycles. The fourth-order valence-electron chi connectivity index (χ4n) is 3.84. The predicted molar refractivity (Wildman–Crippen MR) is 141 cm³/mol. The predicted octanol–water partition coefficient (Wildman–Crippen LogP) is 3.06. The third kappa shape index (κ3) is 6.09. The van der Waals surface area contributed by atoms with Crippen LogP contribution in [0.5, 0.6) is 11.5 Å². The van der Waals surface area contributed by atoms with E-state index in [2.05, 4.69) is 19.7 Å². The van der Waals surface area contributed by atoms with Gasteiger partial charge in [-0.25, -0.2) is 21.6 Å². The summed E-state index contributed by atoms with van der Waals surface area (Å²) in [6, 6.07) is 8.46.